The van der Waals surface area contributed by atoms with Crippen molar-refractivity contribution in [2.24, 2.45) is 11.3 Å². The Bertz CT molecular complexity index is 644. The van der Waals surface area contributed by atoms with Crippen LogP contribution in [0, 0.1) is 11.3 Å². The molecule has 7 nitrogen and oxygen atoms in total. The highest BCUT2D eigenvalue weighted by Gasteiger charge is 2.61. The van der Waals surface area contributed by atoms with Crippen LogP contribution in [0.4, 0.5) is 0 Å². The molecule has 0 aromatic heterocycles. The Morgan fingerprint density at radius 1 is 0.938 bits per heavy atom. The molecule has 1 aliphatic carbocycles. The van der Waals surface area contributed by atoms with Crippen LogP contribution in [0.3, 0.4) is 0 Å². The van der Waals surface area contributed by atoms with Gasteiger partial charge in [-0.2, -0.15) is 5.06 Å². The van der Waals surface area contributed by atoms with Gasteiger partial charge in [0.1, 0.15) is 0 Å². The Morgan fingerprint density at radius 2 is 1.41 bits per heavy atom. The molecular formula is C25H43NO6. The number of piperidine rings is 1. The SMILES string of the molecule is C/C=C/C1CC(ON2C(CC)(CC)CC(O)CC2(CC)CC)CC1(C(=O)OC)C(=O)OC. The summed E-state index contributed by atoms with van der Waals surface area (Å²) in [6, 6.07) is 0. The number of rotatable bonds is 9. The normalized spacial score (nSPS) is 27.5. The Labute approximate surface area is 193 Å². The molecular weight excluding hydrogens is 410 g/mol. The molecule has 2 unspecified atom stereocenters. The minimum Gasteiger partial charge on any atom is -0.468 e. The first-order valence-electron chi connectivity index (χ1n) is 12.1. The second-order valence-corrected chi connectivity index (χ2v) is 9.47. The monoisotopic (exact) mass is 453 g/mol. The van der Waals surface area contributed by atoms with Crippen molar-refractivity contribution in [1.29, 1.82) is 0 Å². The lowest BCUT2D eigenvalue weighted by Gasteiger charge is -2.58. The first-order valence-corrected chi connectivity index (χ1v) is 12.1. The van der Waals surface area contributed by atoms with Gasteiger partial charge in [-0.3, -0.25) is 14.4 Å². The van der Waals surface area contributed by atoms with Gasteiger partial charge in [0, 0.05) is 23.4 Å². The van der Waals surface area contributed by atoms with E-state index in [0.717, 1.165) is 25.7 Å². The summed E-state index contributed by atoms with van der Waals surface area (Å²) >= 11 is 0. The molecule has 2 fully saturated rings. The molecule has 7 heteroatoms. The molecule has 1 N–H and O–H groups in total. The quantitative estimate of drug-likeness (QED) is 0.318. The second-order valence-electron chi connectivity index (χ2n) is 9.47. The molecule has 1 aliphatic heterocycles. The van der Waals surface area contributed by atoms with E-state index in [1.54, 1.807) is 0 Å². The van der Waals surface area contributed by atoms with E-state index in [1.807, 2.05) is 19.1 Å². The van der Waals surface area contributed by atoms with Crippen molar-refractivity contribution in [3.8, 4) is 0 Å². The molecule has 0 amide bonds. The van der Waals surface area contributed by atoms with Crippen molar-refractivity contribution >= 4 is 11.9 Å². The molecule has 1 heterocycles. The fourth-order valence-corrected chi connectivity index (χ4v) is 6.19. The molecule has 0 spiro atoms. The number of nitrogens with zero attached hydrogens (tertiary/aromatic N) is 1. The lowest BCUT2D eigenvalue weighted by molar-refractivity contribution is -0.332. The van der Waals surface area contributed by atoms with Crippen molar-refractivity contribution in [3.63, 3.8) is 0 Å². The zero-order valence-corrected chi connectivity index (χ0v) is 21.0. The lowest BCUT2D eigenvalue weighted by atomic mass is 9.72. The largest absolute Gasteiger partial charge is 0.468 e. The number of hydrogen-bond donors (Lipinski definition) is 1. The Kier molecular flexibility index (Phi) is 8.93. The summed E-state index contributed by atoms with van der Waals surface area (Å²) in [6.07, 6.45) is 8.38. The van der Waals surface area contributed by atoms with Crippen LogP contribution in [0.1, 0.15) is 86.0 Å². The van der Waals surface area contributed by atoms with Crippen molar-refractivity contribution < 1.29 is 29.0 Å². The average molecular weight is 454 g/mol. The van der Waals surface area contributed by atoms with Crippen LogP contribution < -0.4 is 0 Å². The van der Waals surface area contributed by atoms with Crippen molar-refractivity contribution in [3.05, 3.63) is 12.2 Å². The third kappa shape index (κ3) is 4.36. The van der Waals surface area contributed by atoms with E-state index in [-0.39, 0.29) is 35.6 Å². The van der Waals surface area contributed by atoms with Gasteiger partial charge in [-0.1, -0.05) is 39.8 Å². The fourth-order valence-electron chi connectivity index (χ4n) is 6.19. The Morgan fingerprint density at radius 3 is 1.78 bits per heavy atom. The van der Waals surface area contributed by atoms with E-state index < -0.39 is 17.4 Å². The van der Waals surface area contributed by atoms with Gasteiger partial charge in [-0.25, -0.2) is 0 Å². The molecule has 2 rings (SSSR count). The van der Waals surface area contributed by atoms with E-state index in [4.69, 9.17) is 14.3 Å². The molecule has 0 radical (unpaired) electrons. The minimum atomic E-state index is -1.42. The lowest BCUT2D eigenvalue weighted by Crippen LogP contribution is -2.66. The third-order valence-electron chi connectivity index (χ3n) is 8.20. The molecule has 2 aliphatic rings. The summed E-state index contributed by atoms with van der Waals surface area (Å²) in [5.74, 6) is -1.53. The van der Waals surface area contributed by atoms with Gasteiger partial charge in [0.05, 0.1) is 26.4 Å². The summed E-state index contributed by atoms with van der Waals surface area (Å²) in [6.45, 7) is 10.4. The van der Waals surface area contributed by atoms with Crippen molar-refractivity contribution in [2.45, 2.75) is 109 Å². The Balaban J connectivity index is 2.50. The third-order valence-corrected chi connectivity index (χ3v) is 8.20. The van der Waals surface area contributed by atoms with Crippen LogP contribution in [-0.2, 0) is 23.9 Å². The molecule has 0 aromatic carbocycles. The van der Waals surface area contributed by atoms with E-state index in [1.165, 1.54) is 14.2 Å². The van der Waals surface area contributed by atoms with Crippen molar-refractivity contribution in [1.82, 2.24) is 5.06 Å². The number of ether oxygens (including phenoxy) is 2. The molecule has 0 bridgehead atoms. The van der Waals surface area contributed by atoms with Crippen LogP contribution in [0.2, 0.25) is 0 Å². The molecule has 32 heavy (non-hydrogen) atoms. The number of esters is 2. The van der Waals surface area contributed by atoms with E-state index in [9.17, 15) is 14.7 Å². The predicted octanol–water partition coefficient (Wildman–Crippen LogP) is 4.18. The summed E-state index contributed by atoms with van der Waals surface area (Å²) in [7, 11) is 2.61. The van der Waals surface area contributed by atoms with Gasteiger partial charge in [0.25, 0.3) is 0 Å². The smallest absolute Gasteiger partial charge is 0.323 e. The van der Waals surface area contributed by atoms with E-state index in [0.29, 0.717) is 19.3 Å². The number of aliphatic hydroxyl groups excluding tert-OH is 1. The number of hydroxylamine groups is 2. The molecule has 2 atom stereocenters. The summed E-state index contributed by atoms with van der Waals surface area (Å²) in [5.41, 5.74) is -2.03. The number of allylic oxidation sites excluding steroid dienone is 2. The average Bonchev–Trinajstić information content (AvgIpc) is 3.17. The van der Waals surface area contributed by atoms with E-state index in [2.05, 4.69) is 32.8 Å². The van der Waals surface area contributed by atoms with Gasteiger partial charge in [0.15, 0.2) is 5.41 Å². The topological polar surface area (TPSA) is 85.3 Å². The summed E-state index contributed by atoms with van der Waals surface area (Å²) in [5, 5.41) is 12.9. The first-order chi connectivity index (χ1) is 15.2. The molecule has 1 saturated heterocycles. The maximum atomic E-state index is 12.9. The zero-order chi connectivity index (χ0) is 24.2. The van der Waals surface area contributed by atoms with Gasteiger partial charge in [-0.05, 0) is 51.9 Å². The first kappa shape index (κ1) is 26.8. The second kappa shape index (κ2) is 10.7. The summed E-state index contributed by atoms with van der Waals surface area (Å²) in [4.78, 5) is 32.6. The number of carbonyl (C=O) groups is 2. The van der Waals surface area contributed by atoms with Gasteiger partial charge >= 0.3 is 11.9 Å². The number of carbonyl (C=O) groups excluding carboxylic acids is 2. The number of aliphatic hydroxyl groups is 1. The molecule has 184 valence electrons. The Hall–Kier alpha value is -1.44. The highest BCUT2D eigenvalue weighted by atomic mass is 16.7. The number of hydrogen-bond acceptors (Lipinski definition) is 7. The van der Waals surface area contributed by atoms with Crippen LogP contribution in [0.5, 0.6) is 0 Å². The van der Waals surface area contributed by atoms with Gasteiger partial charge in [0.2, 0.25) is 0 Å². The van der Waals surface area contributed by atoms with Gasteiger partial charge in [-0.15, -0.1) is 0 Å². The van der Waals surface area contributed by atoms with Crippen LogP contribution in [0.25, 0.3) is 0 Å². The van der Waals surface area contributed by atoms with Crippen LogP contribution in [0.15, 0.2) is 12.2 Å². The van der Waals surface area contributed by atoms with Crippen LogP contribution in [-0.4, -0.2) is 59.6 Å². The fraction of sp³-hybridized carbons (Fsp3) is 0.840. The summed E-state index contributed by atoms with van der Waals surface area (Å²) < 4.78 is 10.2. The highest BCUT2D eigenvalue weighted by Crippen LogP contribution is 2.51. The zero-order valence-electron chi connectivity index (χ0n) is 21.0. The molecule has 1 saturated carbocycles. The van der Waals surface area contributed by atoms with Crippen LogP contribution >= 0.6 is 0 Å². The maximum absolute atomic E-state index is 12.9. The molecule has 0 aromatic rings. The van der Waals surface area contributed by atoms with E-state index >= 15 is 0 Å². The maximum Gasteiger partial charge on any atom is 0.323 e. The minimum absolute atomic E-state index is 0.202. The van der Waals surface area contributed by atoms with Crippen molar-refractivity contribution in [2.75, 3.05) is 14.2 Å². The highest BCUT2D eigenvalue weighted by molar-refractivity contribution is 6.01. The standard InChI is InChI=1S/C25H43NO6/c1-8-13-18-14-20(17-25(18,21(28)30-6)22(29)31-7)32-26-23(9-2,10-3)15-19(27)16-24(26,11-4)12-5/h8,13,18-20,27H,9-12,14-17H2,1-7H3/b13-8+. The van der Waals surface area contributed by atoms with Gasteiger partial charge < -0.3 is 14.6 Å². The predicted molar refractivity (Wildman–Crippen MR) is 123 cm³/mol. The number of methoxy groups -OCH3 is 2.